The number of aliphatic carboxylic acids is 1. The number of halogens is 1. The Kier molecular flexibility index (Phi) is 11.6. The number of amides is 2. The zero-order valence-electron chi connectivity index (χ0n) is 22.3. The molecule has 9 heteroatoms. The van der Waals surface area contributed by atoms with E-state index in [2.05, 4.69) is 5.32 Å². The molecule has 0 radical (unpaired) electrons. The van der Waals surface area contributed by atoms with Gasteiger partial charge in [-0.25, -0.2) is 14.0 Å². The number of methoxy groups -OCH3 is 1. The number of carbonyl (C=O) groups is 2. The van der Waals surface area contributed by atoms with Gasteiger partial charge in [0.2, 0.25) is 0 Å². The quantitative estimate of drug-likeness (QED) is 0.269. The first-order valence-electron chi connectivity index (χ1n) is 12.9. The fourth-order valence-electron chi connectivity index (χ4n) is 3.95. The Balaban J connectivity index is 1.56. The number of urea groups is 1. The van der Waals surface area contributed by atoms with E-state index in [-0.39, 0.29) is 24.9 Å². The summed E-state index contributed by atoms with van der Waals surface area (Å²) < 4.78 is 29.5. The van der Waals surface area contributed by atoms with E-state index >= 15 is 0 Å². The van der Waals surface area contributed by atoms with E-state index < -0.39 is 12.1 Å². The second-order valence-electron chi connectivity index (χ2n) is 8.85. The van der Waals surface area contributed by atoms with Crippen molar-refractivity contribution in [2.75, 3.05) is 38.7 Å². The van der Waals surface area contributed by atoms with E-state index in [9.17, 15) is 19.1 Å². The second-order valence-corrected chi connectivity index (χ2v) is 8.85. The number of hydrogen-bond donors (Lipinski definition) is 2. The number of nitrogens with one attached hydrogen (secondary N) is 1. The monoisotopic (exact) mass is 538 g/mol. The first-order chi connectivity index (χ1) is 18.9. The topological polar surface area (TPSA) is 97.3 Å². The zero-order chi connectivity index (χ0) is 28.0. The van der Waals surface area contributed by atoms with Gasteiger partial charge in [0.1, 0.15) is 23.9 Å². The molecule has 0 saturated carbocycles. The van der Waals surface area contributed by atoms with Gasteiger partial charge in [0.15, 0.2) is 6.10 Å². The van der Waals surface area contributed by atoms with Crippen LogP contribution in [0.3, 0.4) is 0 Å². The summed E-state index contributed by atoms with van der Waals surface area (Å²) in [5.41, 5.74) is 2.47. The fraction of sp³-hybridized carbons (Fsp3) is 0.333. The van der Waals surface area contributed by atoms with E-state index in [1.54, 1.807) is 79.6 Å². The number of nitrogens with zero attached hydrogens (tertiary/aromatic N) is 1. The predicted molar refractivity (Wildman–Crippen MR) is 147 cm³/mol. The summed E-state index contributed by atoms with van der Waals surface area (Å²) in [5, 5.41) is 12.2. The molecule has 1 unspecified atom stereocenters. The van der Waals surface area contributed by atoms with E-state index in [1.807, 2.05) is 0 Å². The minimum atomic E-state index is -0.996. The van der Waals surface area contributed by atoms with Crippen molar-refractivity contribution in [1.82, 2.24) is 4.90 Å². The highest BCUT2D eigenvalue weighted by molar-refractivity contribution is 5.89. The van der Waals surface area contributed by atoms with Gasteiger partial charge in [-0.15, -0.1) is 0 Å². The Hall–Kier alpha value is -4.11. The van der Waals surface area contributed by atoms with Crippen molar-refractivity contribution in [2.24, 2.45) is 0 Å². The Morgan fingerprint density at radius 1 is 0.923 bits per heavy atom. The van der Waals surface area contributed by atoms with Crippen LogP contribution >= 0.6 is 0 Å². The third-order valence-electron chi connectivity index (χ3n) is 6.05. The average molecular weight is 539 g/mol. The fourth-order valence-corrected chi connectivity index (χ4v) is 3.95. The van der Waals surface area contributed by atoms with E-state index in [4.69, 9.17) is 14.2 Å². The van der Waals surface area contributed by atoms with Crippen molar-refractivity contribution < 1.29 is 33.3 Å². The minimum absolute atomic E-state index is 0.256. The largest absolute Gasteiger partial charge is 0.497 e. The molecule has 0 bridgehead atoms. The van der Waals surface area contributed by atoms with Crippen LogP contribution in [0.15, 0.2) is 72.8 Å². The summed E-state index contributed by atoms with van der Waals surface area (Å²) in [6.07, 6.45) is 0.764. The summed E-state index contributed by atoms with van der Waals surface area (Å²) in [5.74, 6) is 0.0360. The molecule has 0 saturated heterocycles. The van der Waals surface area contributed by atoms with Gasteiger partial charge < -0.3 is 29.5 Å². The first kappa shape index (κ1) is 29.4. The smallest absolute Gasteiger partial charge is 0.333 e. The number of rotatable bonds is 15. The lowest BCUT2D eigenvalue weighted by atomic mass is 10.1. The highest BCUT2D eigenvalue weighted by Gasteiger charge is 2.18. The molecule has 0 aliphatic heterocycles. The maximum atomic E-state index is 13.2. The molecule has 3 rings (SSSR count). The van der Waals surface area contributed by atoms with Crippen LogP contribution in [0.25, 0.3) is 0 Å². The zero-order valence-corrected chi connectivity index (χ0v) is 22.3. The third-order valence-corrected chi connectivity index (χ3v) is 6.05. The second kappa shape index (κ2) is 15.3. The Morgan fingerprint density at radius 3 is 2.18 bits per heavy atom. The number of aryl methyl sites for hydroxylation is 1. The minimum Gasteiger partial charge on any atom is -0.497 e. The van der Waals surface area contributed by atoms with E-state index in [0.717, 1.165) is 11.1 Å². The molecule has 2 N–H and O–H groups in total. The first-order valence-corrected chi connectivity index (χ1v) is 12.9. The van der Waals surface area contributed by atoms with Crippen LogP contribution in [0.4, 0.5) is 14.9 Å². The van der Waals surface area contributed by atoms with E-state index in [1.165, 1.54) is 12.1 Å². The van der Waals surface area contributed by atoms with Crippen molar-refractivity contribution >= 4 is 17.7 Å². The molecule has 0 aliphatic carbocycles. The number of carboxylic acid groups (broad SMARTS) is 1. The molecule has 208 valence electrons. The molecule has 0 aliphatic rings. The molecule has 0 spiro atoms. The van der Waals surface area contributed by atoms with Crippen LogP contribution in [-0.4, -0.2) is 61.5 Å². The summed E-state index contributed by atoms with van der Waals surface area (Å²) in [4.78, 5) is 26.1. The van der Waals surface area contributed by atoms with Gasteiger partial charge in [0, 0.05) is 25.3 Å². The van der Waals surface area contributed by atoms with Crippen molar-refractivity contribution in [2.45, 2.75) is 32.3 Å². The number of anilines is 1. The molecule has 8 nitrogen and oxygen atoms in total. The Bertz CT molecular complexity index is 1170. The van der Waals surface area contributed by atoms with E-state index in [0.29, 0.717) is 49.7 Å². The van der Waals surface area contributed by atoms with Gasteiger partial charge in [0.25, 0.3) is 0 Å². The van der Waals surface area contributed by atoms with Crippen molar-refractivity contribution in [1.29, 1.82) is 0 Å². The maximum Gasteiger partial charge on any atom is 0.333 e. The summed E-state index contributed by atoms with van der Waals surface area (Å²) in [7, 11) is 1.58. The highest BCUT2D eigenvalue weighted by Crippen LogP contribution is 2.17. The number of carboxylic acids is 1. The van der Waals surface area contributed by atoms with Crippen LogP contribution in [0.1, 0.15) is 24.5 Å². The molecule has 0 fully saturated rings. The van der Waals surface area contributed by atoms with Crippen LogP contribution in [0.2, 0.25) is 0 Å². The molecule has 39 heavy (non-hydrogen) atoms. The molecular formula is C30H35FN2O6. The number of carbonyl (C=O) groups excluding carboxylic acids is 1. The van der Waals surface area contributed by atoms with Gasteiger partial charge >= 0.3 is 12.0 Å². The summed E-state index contributed by atoms with van der Waals surface area (Å²) >= 11 is 0. The van der Waals surface area contributed by atoms with Gasteiger partial charge in [-0.3, -0.25) is 0 Å². The van der Waals surface area contributed by atoms with Crippen LogP contribution in [-0.2, 0) is 22.4 Å². The SMILES string of the molecule is CCOC(Cc1ccc(OCCN(CCCc2ccc(F)cc2)C(=O)Nc2ccc(OC)cc2)cc1)C(=O)O. The van der Waals surface area contributed by atoms with Crippen LogP contribution in [0.5, 0.6) is 11.5 Å². The van der Waals surface area contributed by atoms with Gasteiger partial charge in [-0.2, -0.15) is 0 Å². The molecule has 0 heterocycles. The van der Waals surface area contributed by atoms with Gasteiger partial charge in [-0.05, 0) is 79.4 Å². The molecule has 2 amide bonds. The summed E-state index contributed by atoms with van der Waals surface area (Å²) in [6.45, 7) is 3.18. The molecule has 0 aromatic heterocycles. The highest BCUT2D eigenvalue weighted by atomic mass is 19.1. The van der Waals surface area contributed by atoms with Crippen molar-refractivity contribution in [3.05, 3.63) is 89.7 Å². The standard InChI is InChI=1S/C30H35FN2O6/c1-3-38-28(29(34)35)21-23-8-14-27(15-9-23)39-20-19-33(18-4-5-22-6-10-24(31)11-7-22)30(36)32-25-12-16-26(37-2)17-13-25/h6-17,28H,3-5,18-21H2,1-2H3,(H,32,36)(H,34,35). The van der Waals surface area contributed by atoms with Crippen LogP contribution < -0.4 is 14.8 Å². The number of hydrogen-bond acceptors (Lipinski definition) is 5. The summed E-state index contributed by atoms with van der Waals surface area (Å²) in [6, 6.07) is 20.3. The van der Waals surface area contributed by atoms with Crippen molar-refractivity contribution in [3.8, 4) is 11.5 Å². The Morgan fingerprint density at radius 2 is 1.56 bits per heavy atom. The molecule has 3 aromatic rings. The lowest BCUT2D eigenvalue weighted by Gasteiger charge is -2.23. The van der Waals surface area contributed by atoms with Crippen molar-refractivity contribution in [3.63, 3.8) is 0 Å². The molecule has 3 aromatic carbocycles. The average Bonchev–Trinajstić information content (AvgIpc) is 2.94. The lowest BCUT2D eigenvalue weighted by molar-refractivity contribution is -0.149. The number of benzene rings is 3. The van der Waals surface area contributed by atoms with Gasteiger partial charge in [0.05, 0.1) is 13.7 Å². The normalized spacial score (nSPS) is 11.5. The molecule has 1 atom stereocenters. The Labute approximate surface area is 228 Å². The number of ether oxygens (including phenoxy) is 3. The van der Waals surface area contributed by atoms with Crippen LogP contribution in [0, 0.1) is 5.82 Å². The lowest BCUT2D eigenvalue weighted by Crippen LogP contribution is -2.38. The maximum absolute atomic E-state index is 13.2. The predicted octanol–water partition coefficient (Wildman–Crippen LogP) is 5.41. The molecular weight excluding hydrogens is 503 g/mol. The van der Waals surface area contributed by atoms with Gasteiger partial charge in [-0.1, -0.05) is 24.3 Å². The third kappa shape index (κ3) is 9.94.